The number of rotatable bonds is 67. The molecule has 0 spiro atoms. The second-order valence-corrected chi connectivity index (χ2v) is 29.0. The van der Waals surface area contributed by atoms with E-state index in [2.05, 4.69) is 72.8 Å². The molecule has 90 heavy (non-hydrogen) atoms. The van der Waals surface area contributed by atoms with Gasteiger partial charge in [0.2, 0.25) is 0 Å². The fourth-order valence-corrected chi connectivity index (χ4v) is 11.7. The number of carbonyl (C=O) groups is 4. The lowest BCUT2D eigenvalue weighted by atomic mass is 9.99. The fraction of sp³-hybridized carbons (Fsp3) is 0.887. The van der Waals surface area contributed by atoms with Crippen LogP contribution in [0.3, 0.4) is 0 Å². The van der Waals surface area contributed by atoms with Gasteiger partial charge in [-0.25, -0.2) is 9.13 Å². The standard InChI is InChI=1S/C71H134O17P2/c1-8-10-11-12-13-14-15-16-17-18-19-23-32-40-47-54-70(75)88-67(59-82-69(74)53-46-39-34-27-29-36-43-50-63(5)6)61-86-90(79,80)84-57-65(72)56-83-89(77,78)85-60-66(58-81-68(73)52-45-38-31-26-25-28-35-42-49-62(3)4)87-71(76)55-48-41-33-24-21-20-22-30-37-44-51-64(7)9-2/h14-17,62-67,72H,8-13,18-61H2,1-7H3,(H,77,78)(H,79,80)/b15-14-,17-16-/t64?,65?,66-,67-/m1/s1. The highest BCUT2D eigenvalue weighted by atomic mass is 31.2. The van der Waals surface area contributed by atoms with Gasteiger partial charge < -0.3 is 33.8 Å². The molecule has 4 unspecified atom stereocenters. The first kappa shape index (κ1) is 87.5. The van der Waals surface area contributed by atoms with Crippen LogP contribution >= 0.6 is 15.6 Å². The maximum absolute atomic E-state index is 13.0. The van der Waals surface area contributed by atoms with Crippen molar-refractivity contribution < 1.29 is 80.2 Å². The Morgan fingerprint density at radius 2 is 0.656 bits per heavy atom. The van der Waals surface area contributed by atoms with Crippen LogP contribution in [0.15, 0.2) is 24.3 Å². The van der Waals surface area contributed by atoms with Crippen LogP contribution in [0.4, 0.5) is 0 Å². The first-order valence-corrected chi connectivity index (χ1v) is 39.2. The third-order valence-electron chi connectivity index (χ3n) is 16.1. The van der Waals surface area contributed by atoms with Gasteiger partial charge in [-0.15, -0.1) is 0 Å². The average Bonchev–Trinajstić information content (AvgIpc) is 2.74. The number of aliphatic hydroxyl groups excluding tert-OH is 1. The maximum atomic E-state index is 13.0. The van der Waals surface area contributed by atoms with Crippen molar-refractivity contribution in [3.8, 4) is 0 Å². The Labute approximate surface area is 548 Å². The average molecular weight is 1320 g/mol. The SMILES string of the molecule is CCCCCC/C=C\C=C/CCCCCCCC(=O)O[C@H](COC(=O)CCCCCCCCCC(C)C)COP(=O)(O)OCC(O)COP(=O)(O)OC[C@@H](COC(=O)CCCCCCCCCCC(C)C)OC(=O)CCCCCCCCCCCCC(C)CC. The van der Waals surface area contributed by atoms with Gasteiger partial charge in [-0.05, 0) is 69.1 Å². The molecular formula is C71H134O17P2. The summed E-state index contributed by atoms with van der Waals surface area (Å²) in [6.07, 6.45) is 48.0. The van der Waals surface area contributed by atoms with Gasteiger partial charge in [-0.3, -0.25) is 37.3 Å². The van der Waals surface area contributed by atoms with Crippen LogP contribution in [0.25, 0.3) is 0 Å². The summed E-state index contributed by atoms with van der Waals surface area (Å²) in [5.74, 6) is 0.0704. The zero-order chi connectivity index (χ0) is 66.6. The highest BCUT2D eigenvalue weighted by molar-refractivity contribution is 7.47. The van der Waals surface area contributed by atoms with Gasteiger partial charge >= 0.3 is 39.5 Å². The smallest absolute Gasteiger partial charge is 0.462 e. The highest BCUT2D eigenvalue weighted by Crippen LogP contribution is 2.45. The topological polar surface area (TPSA) is 237 Å². The Kier molecular flexibility index (Phi) is 59.7. The Balaban J connectivity index is 5.29. The summed E-state index contributed by atoms with van der Waals surface area (Å²) in [5.41, 5.74) is 0. The fourth-order valence-electron chi connectivity index (χ4n) is 10.1. The van der Waals surface area contributed by atoms with Crippen molar-refractivity contribution in [2.24, 2.45) is 17.8 Å². The van der Waals surface area contributed by atoms with E-state index in [1.165, 1.54) is 122 Å². The van der Waals surface area contributed by atoms with Gasteiger partial charge in [0.1, 0.15) is 19.3 Å². The molecule has 0 bridgehead atoms. The summed E-state index contributed by atoms with van der Waals surface area (Å²) in [6, 6.07) is 0. The molecule has 3 N–H and O–H groups in total. The van der Waals surface area contributed by atoms with Crippen molar-refractivity contribution in [3.05, 3.63) is 24.3 Å². The number of phosphoric ester groups is 2. The van der Waals surface area contributed by atoms with E-state index < -0.39 is 97.5 Å². The molecule has 17 nitrogen and oxygen atoms in total. The van der Waals surface area contributed by atoms with E-state index >= 15 is 0 Å². The Bertz CT molecular complexity index is 1860. The molecule has 0 aliphatic rings. The molecule has 0 amide bonds. The van der Waals surface area contributed by atoms with E-state index in [1.807, 2.05) is 0 Å². The molecule has 0 saturated heterocycles. The first-order valence-electron chi connectivity index (χ1n) is 36.2. The number of allylic oxidation sites excluding steroid dienone is 4. The number of carbonyl (C=O) groups excluding carboxylic acids is 4. The molecule has 6 atom stereocenters. The summed E-state index contributed by atoms with van der Waals surface area (Å²) in [7, 11) is -9.92. The van der Waals surface area contributed by atoms with Crippen molar-refractivity contribution in [1.29, 1.82) is 0 Å². The second-order valence-electron chi connectivity index (χ2n) is 26.1. The number of hydrogen-bond donors (Lipinski definition) is 3. The van der Waals surface area contributed by atoms with E-state index in [0.717, 1.165) is 121 Å². The largest absolute Gasteiger partial charge is 0.472 e. The molecular weight excluding hydrogens is 1190 g/mol. The van der Waals surface area contributed by atoms with Crippen LogP contribution in [-0.2, 0) is 65.4 Å². The van der Waals surface area contributed by atoms with Gasteiger partial charge in [0, 0.05) is 25.7 Å². The molecule has 0 aromatic heterocycles. The summed E-state index contributed by atoms with van der Waals surface area (Å²) >= 11 is 0. The van der Waals surface area contributed by atoms with Crippen LogP contribution in [0.1, 0.15) is 331 Å². The Hall–Kier alpha value is -2.46. The first-order chi connectivity index (χ1) is 43.3. The number of aliphatic hydroxyl groups is 1. The molecule has 0 aliphatic heterocycles. The minimum absolute atomic E-state index is 0.0837. The highest BCUT2D eigenvalue weighted by Gasteiger charge is 2.30. The van der Waals surface area contributed by atoms with Crippen LogP contribution < -0.4 is 0 Å². The lowest BCUT2D eigenvalue weighted by Crippen LogP contribution is -2.30. The summed E-state index contributed by atoms with van der Waals surface area (Å²) < 4.78 is 68.3. The maximum Gasteiger partial charge on any atom is 0.472 e. The van der Waals surface area contributed by atoms with Crippen molar-refractivity contribution in [3.63, 3.8) is 0 Å². The van der Waals surface area contributed by atoms with Crippen LogP contribution in [-0.4, -0.2) is 96.7 Å². The third kappa shape index (κ3) is 63.0. The molecule has 0 aliphatic carbocycles. The molecule has 19 heteroatoms. The van der Waals surface area contributed by atoms with E-state index in [9.17, 15) is 43.2 Å². The third-order valence-corrected chi connectivity index (χ3v) is 18.0. The van der Waals surface area contributed by atoms with Crippen LogP contribution in [0.5, 0.6) is 0 Å². The van der Waals surface area contributed by atoms with Gasteiger partial charge in [0.05, 0.1) is 26.4 Å². The van der Waals surface area contributed by atoms with E-state index in [1.54, 1.807) is 0 Å². The normalized spacial score (nSPS) is 14.7. The summed E-state index contributed by atoms with van der Waals surface area (Å²) in [5, 5.41) is 10.6. The van der Waals surface area contributed by atoms with Crippen molar-refractivity contribution >= 4 is 39.5 Å². The Morgan fingerprint density at radius 3 is 0.989 bits per heavy atom. The molecule has 0 rings (SSSR count). The molecule has 0 fully saturated rings. The number of esters is 4. The number of unbranched alkanes of at least 4 members (excludes halogenated alkanes) is 31. The van der Waals surface area contributed by atoms with Crippen LogP contribution in [0, 0.1) is 17.8 Å². The predicted octanol–water partition coefficient (Wildman–Crippen LogP) is 19.8. The molecule has 0 aromatic rings. The lowest BCUT2D eigenvalue weighted by Gasteiger charge is -2.21. The summed E-state index contributed by atoms with van der Waals surface area (Å²) in [6.45, 7) is 11.7. The van der Waals surface area contributed by atoms with E-state index in [0.29, 0.717) is 31.6 Å². The van der Waals surface area contributed by atoms with Gasteiger partial charge in [0.25, 0.3) is 0 Å². The predicted molar refractivity (Wildman–Crippen MR) is 363 cm³/mol. The van der Waals surface area contributed by atoms with Crippen LogP contribution in [0.2, 0.25) is 0 Å². The molecule has 0 heterocycles. The van der Waals surface area contributed by atoms with Gasteiger partial charge in [-0.2, -0.15) is 0 Å². The molecule has 0 radical (unpaired) electrons. The quantitative estimate of drug-likeness (QED) is 0.0169. The minimum Gasteiger partial charge on any atom is -0.462 e. The Morgan fingerprint density at radius 1 is 0.367 bits per heavy atom. The van der Waals surface area contributed by atoms with E-state index in [-0.39, 0.29) is 25.7 Å². The number of hydrogen-bond acceptors (Lipinski definition) is 15. The van der Waals surface area contributed by atoms with Crippen molar-refractivity contribution in [2.75, 3.05) is 39.6 Å². The minimum atomic E-state index is -4.96. The molecule has 0 aromatic carbocycles. The molecule has 0 saturated carbocycles. The van der Waals surface area contributed by atoms with Crippen molar-refractivity contribution in [1.82, 2.24) is 0 Å². The summed E-state index contributed by atoms with van der Waals surface area (Å²) in [4.78, 5) is 72.5. The lowest BCUT2D eigenvalue weighted by molar-refractivity contribution is -0.161. The van der Waals surface area contributed by atoms with Gasteiger partial charge in [0.15, 0.2) is 12.2 Å². The number of phosphoric acid groups is 2. The zero-order valence-electron chi connectivity index (χ0n) is 58.1. The van der Waals surface area contributed by atoms with E-state index in [4.69, 9.17) is 37.0 Å². The second kappa shape index (κ2) is 61.4. The zero-order valence-corrected chi connectivity index (χ0v) is 59.9. The molecule has 530 valence electrons. The monoisotopic (exact) mass is 1320 g/mol. The van der Waals surface area contributed by atoms with Crippen molar-refractivity contribution in [2.45, 2.75) is 349 Å². The number of ether oxygens (including phenoxy) is 4. The van der Waals surface area contributed by atoms with Gasteiger partial charge in [-0.1, -0.05) is 278 Å².